The summed E-state index contributed by atoms with van der Waals surface area (Å²) in [7, 11) is 0. The minimum Gasteiger partial charge on any atom is -0.166 e. The van der Waals surface area contributed by atoms with Gasteiger partial charge >= 0.3 is 0 Å². The fraction of sp³-hybridized carbons (Fsp3) is 0.111. The Bertz CT molecular complexity index is 376. The molecule has 0 aliphatic carbocycles. The maximum Gasteiger partial charge on any atom is 0.0608 e. The van der Waals surface area contributed by atoms with Crippen LogP contribution in [0.15, 0.2) is 12.1 Å². The van der Waals surface area contributed by atoms with Crippen molar-refractivity contribution < 1.29 is 0 Å². The van der Waals surface area contributed by atoms with Gasteiger partial charge in [-0.15, -0.1) is 0 Å². The lowest BCUT2D eigenvalue weighted by Crippen LogP contribution is -1.79. The van der Waals surface area contributed by atoms with Crippen LogP contribution >= 0.6 is 47.4 Å². The second-order valence-corrected chi connectivity index (χ2v) is 3.74. The number of thiol groups is 1. The number of hydrogen-bond acceptors (Lipinski definition) is 1. The van der Waals surface area contributed by atoms with E-state index in [4.69, 9.17) is 34.8 Å². The molecule has 0 aromatic heterocycles. The molecule has 4 heteroatoms. The zero-order valence-electron chi connectivity index (χ0n) is 6.44. The number of rotatable bonds is 0. The fourth-order valence-electron chi connectivity index (χ4n) is 0.753. The van der Waals surface area contributed by atoms with Crippen molar-refractivity contribution in [1.29, 1.82) is 0 Å². The van der Waals surface area contributed by atoms with Gasteiger partial charge in [0.1, 0.15) is 0 Å². The van der Waals surface area contributed by atoms with Crippen LogP contribution in [-0.2, 0) is 0 Å². The molecule has 0 N–H and O–H groups in total. The van der Waals surface area contributed by atoms with Crippen molar-refractivity contribution in [2.45, 2.75) is 0 Å². The number of hydrogen-bond donors (Lipinski definition) is 1. The smallest absolute Gasteiger partial charge is 0.0608 e. The first kappa shape index (κ1) is 11.1. The summed E-state index contributed by atoms with van der Waals surface area (Å²) in [6.07, 6.45) is 0. The number of benzene rings is 1. The summed E-state index contributed by atoms with van der Waals surface area (Å²) in [6.45, 7) is 0. The SMILES string of the molecule is SCC#Cc1cc(Cl)c(Cl)cc1Cl. The molecule has 0 atom stereocenters. The van der Waals surface area contributed by atoms with E-state index in [1.165, 1.54) is 0 Å². The van der Waals surface area contributed by atoms with Crippen molar-refractivity contribution >= 4 is 47.4 Å². The summed E-state index contributed by atoms with van der Waals surface area (Å²) in [5.41, 5.74) is 0.671. The van der Waals surface area contributed by atoms with E-state index in [-0.39, 0.29) is 0 Å². The second kappa shape index (κ2) is 5.02. The third-order valence-corrected chi connectivity index (χ3v) is 2.51. The molecule has 0 saturated heterocycles. The topological polar surface area (TPSA) is 0 Å². The highest BCUT2D eigenvalue weighted by molar-refractivity contribution is 7.80. The maximum absolute atomic E-state index is 5.87. The average molecular weight is 252 g/mol. The lowest BCUT2D eigenvalue weighted by atomic mass is 10.2. The molecular formula is C9H5Cl3S. The third-order valence-electron chi connectivity index (χ3n) is 1.31. The van der Waals surface area contributed by atoms with Crippen LogP contribution < -0.4 is 0 Å². The van der Waals surface area contributed by atoms with E-state index in [9.17, 15) is 0 Å². The van der Waals surface area contributed by atoms with Crippen LogP contribution in [-0.4, -0.2) is 5.75 Å². The van der Waals surface area contributed by atoms with Crippen LogP contribution in [0.3, 0.4) is 0 Å². The molecule has 1 aromatic carbocycles. The molecule has 0 saturated carbocycles. The molecule has 13 heavy (non-hydrogen) atoms. The molecule has 0 aliphatic heterocycles. The molecule has 0 unspecified atom stereocenters. The Kier molecular flexibility index (Phi) is 4.28. The van der Waals surface area contributed by atoms with Crippen LogP contribution in [0.2, 0.25) is 15.1 Å². The first-order valence-corrected chi connectivity index (χ1v) is 5.16. The van der Waals surface area contributed by atoms with Crippen molar-refractivity contribution in [1.82, 2.24) is 0 Å². The minimum absolute atomic E-state index is 0.433. The molecule has 1 rings (SSSR count). The van der Waals surface area contributed by atoms with Gasteiger partial charge in [0.15, 0.2) is 0 Å². The molecule has 0 aliphatic rings. The van der Waals surface area contributed by atoms with E-state index in [1.54, 1.807) is 12.1 Å². The summed E-state index contributed by atoms with van der Waals surface area (Å²) in [4.78, 5) is 0. The summed E-state index contributed by atoms with van der Waals surface area (Å²) in [6, 6.07) is 3.22. The summed E-state index contributed by atoms with van der Waals surface area (Å²) < 4.78 is 0. The van der Waals surface area contributed by atoms with Crippen molar-refractivity contribution in [3.05, 3.63) is 32.8 Å². The van der Waals surface area contributed by atoms with Crippen molar-refractivity contribution in [2.24, 2.45) is 0 Å². The Labute approximate surface area is 97.6 Å². The normalized spacial score (nSPS) is 9.23. The Morgan fingerprint density at radius 1 is 1.08 bits per heavy atom. The standard InChI is InChI=1S/C9H5Cl3S/c10-7-5-9(12)8(11)4-6(7)2-1-3-13/h4-5,13H,3H2. The molecule has 0 spiro atoms. The Balaban J connectivity index is 3.16. The molecule has 68 valence electrons. The van der Waals surface area contributed by atoms with E-state index in [0.29, 0.717) is 26.4 Å². The van der Waals surface area contributed by atoms with Gasteiger partial charge in [-0.3, -0.25) is 0 Å². The van der Waals surface area contributed by atoms with Crippen LogP contribution in [0.25, 0.3) is 0 Å². The second-order valence-electron chi connectivity index (χ2n) is 2.21. The third kappa shape index (κ3) is 3.00. The monoisotopic (exact) mass is 250 g/mol. The maximum atomic E-state index is 5.87. The summed E-state index contributed by atoms with van der Waals surface area (Å²) in [5.74, 6) is 6.09. The van der Waals surface area contributed by atoms with Gasteiger partial charge in [0, 0.05) is 5.56 Å². The van der Waals surface area contributed by atoms with Gasteiger partial charge in [0.2, 0.25) is 0 Å². The van der Waals surface area contributed by atoms with Gasteiger partial charge in [-0.05, 0) is 12.1 Å². The largest absolute Gasteiger partial charge is 0.166 e. The quantitative estimate of drug-likeness (QED) is 0.403. The van der Waals surface area contributed by atoms with Crippen LogP contribution in [0.1, 0.15) is 5.56 Å². The van der Waals surface area contributed by atoms with Gasteiger partial charge in [-0.1, -0.05) is 46.6 Å². The lowest BCUT2D eigenvalue weighted by Gasteiger charge is -1.99. The minimum atomic E-state index is 0.433. The van der Waals surface area contributed by atoms with Crippen LogP contribution in [0.5, 0.6) is 0 Å². The number of halogens is 3. The molecule has 1 aromatic rings. The Morgan fingerprint density at radius 2 is 1.69 bits per heavy atom. The van der Waals surface area contributed by atoms with Gasteiger partial charge in [0.25, 0.3) is 0 Å². The first-order chi connectivity index (χ1) is 6.15. The lowest BCUT2D eigenvalue weighted by molar-refractivity contribution is 1.64. The highest BCUT2D eigenvalue weighted by atomic mass is 35.5. The molecule has 0 heterocycles. The van der Waals surface area contributed by atoms with Crippen molar-refractivity contribution in [3.63, 3.8) is 0 Å². The Hall–Kier alpha value is -0.000000000000000111. The van der Waals surface area contributed by atoms with Crippen LogP contribution in [0.4, 0.5) is 0 Å². The average Bonchev–Trinajstić information content (AvgIpc) is 2.09. The van der Waals surface area contributed by atoms with E-state index in [0.717, 1.165) is 0 Å². The van der Waals surface area contributed by atoms with Gasteiger partial charge < -0.3 is 0 Å². The van der Waals surface area contributed by atoms with E-state index in [2.05, 4.69) is 24.5 Å². The van der Waals surface area contributed by atoms with E-state index in [1.807, 2.05) is 0 Å². The first-order valence-electron chi connectivity index (χ1n) is 3.39. The zero-order valence-corrected chi connectivity index (χ0v) is 9.61. The van der Waals surface area contributed by atoms with Crippen molar-refractivity contribution in [2.75, 3.05) is 5.75 Å². The molecule has 0 fully saturated rings. The molecule has 0 amide bonds. The fourth-order valence-corrected chi connectivity index (χ4v) is 1.43. The van der Waals surface area contributed by atoms with Crippen molar-refractivity contribution in [3.8, 4) is 11.8 Å². The summed E-state index contributed by atoms with van der Waals surface area (Å²) in [5, 5.41) is 1.39. The van der Waals surface area contributed by atoms with Gasteiger partial charge in [0.05, 0.1) is 20.8 Å². The highest BCUT2D eigenvalue weighted by Crippen LogP contribution is 2.28. The van der Waals surface area contributed by atoms with Gasteiger partial charge in [-0.25, -0.2) is 0 Å². The molecule has 0 nitrogen and oxygen atoms in total. The van der Waals surface area contributed by atoms with E-state index >= 15 is 0 Å². The van der Waals surface area contributed by atoms with E-state index < -0.39 is 0 Å². The molecule has 0 radical (unpaired) electrons. The molecular weight excluding hydrogens is 247 g/mol. The predicted octanol–water partition coefficient (Wildman–Crippen LogP) is 3.93. The zero-order chi connectivity index (χ0) is 9.84. The van der Waals surface area contributed by atoms with Gasteiger partial charge in [-0.2, -0.15) is 12.6 Å². The molecule has 0 bridgehead atoms. The highest BCUT2D eigenvalue weighted by Gasteiger charge is 2.02. The summed E-state index contributed by atoms with van der Waals surface area (Å²) >= 11 is 21.3. The predicted molar refractivity (Wildman–Crippen MR) is 62.2 cm³/mol. The van der Waals surface area contributed by atoms with Crippen LogP contribution in [0, 0.1) is 11.8 Å². The Morgan fingerprint density at radius 3 is 2.31 bits per heavy atom.